The lowest BCUT2D eigenvalue weighted by molar-refractivity contribution is 0.174. The minimum absolute atomic E-state index is 0.0897. The normalized spacial score (nSPS) is 13.1. The Balaban J connectivity index is 2.28. The van der Waals surface area contributed by atoms with Crippen LogP contribution >= 0.6 is 15.9 Å². The molecule has 84 valence electrons. The Morgan fingerprint density at radius 1 is 1.31 bits per heavy atom. The molecular formula is C9H9BrN4O2. The summed E-state index contributed by atoms with van der Waals surface area (Å²) in [4.78, 5) is 0. The molecule has 0 saturated heterocycles. The highest BCUT2D eigenvalue weighted by Gasteiger charge is 2.15. The Bertz CT molecular complexity index is 469. The van der Waals surface area contributed by atoms with Crippen LogP contribution in [0.1, 0.15) is 5.56 Å². The largest absolute Gasteiger partial charge is 0.454 e. The van der Waals surface area contributed by atoms with Gasteiger partial charge in [0.2, 0.25) is 12.8 Å². The molecule has 0 spiro atoms. The van der Waals surface area contributed by atoms with E-state index in [0.29, 0.717) is 11.5 Å². The summed E-state index contributed by atoms with van der Waals surface area (Å²) in [5.74, 6) is 1.29. The summed E-state index contributed by atoms with van der Waals surface area (Å²) >= 11 is 3.38. The van der Waals surface area contributed by atoms with Crippen molar-refractivity contribution in [2.45, 2.75) is 0 Å². The first kappa shape index (κ1) is 10.7. The maximum atomic E-state index is 5.23. The van der Waals surface area contributed by atoms with Crippen molar-refractivity contribution < 1.29 is 9.47 Å². The van der Waals surface area contributed by atoms with Gasteiger partial charge in [-0.05, 0) is 28.1 Å². The molecule has 0 atom stereocenters. The second kappa shape index (κ2) is 4.40. The summed E-state index contributed by atoms with van der Waals surface area (Å²) in [6.07, 6.45) is 1.52. The molecule has 0 saturated carbocycles. The van der Waals surface area contributed by atoms with E-state index >= 15 is 0 Å². The van der Waals surface area contributed by atoms with Crippen molar-refractivity contribution in [3.63, 3.8) is 0 Å². The van der Waals surface area contributed by atoms with Crippen LogP contribution in [0.3, 0.4) is 0 Å². The van der Waals surface area contributed by atoms with E-state index in [-0.39, 0.29) is 12.8 Å². The van der Waals surface area contributed by atoms with E-state index in [1.807, 2.05) is 0 Å². The summed E-state index contributed by atoms with van der Waals surface area (Å²) in [5, 5.41) is 7.22. The maximum absolute atomic E-state index is 5.23. The topological polar surface area (TPSA) is 95.2 Å². The van der Waals surface area contributed by atoms with Gasteiger partial charge in [-0.25, -0.2) is 0 Å². The van der Waals surface area contributed by atoms with Crippen molar-refractivity contribution in [3.8, 4) is 11.5 Å². The third-order valence-electron chi connectivity index (χ3n) is 1.86. The van der Waals surface area contributed by atoms with Crippen molar-refractivity contribution in [2.75, 3.05) is 6.79 Å². The zero-order valence-corrected chi connectivity index (χ0v) is 9.77. The maximum Gasteiger partial charge on any atom is 0.231 e. The molecule has 0 fully saturated rings. The summed E-state index contributed by atoms with van der Waals surface area (Å²) in [7, 11) is 0. The number of nitrogens with two attached hydrogens (primary N) is 2. The van der Waals surface area contributed by atoms with Crippen molar-refractivity contribution in [2.24, 2.45) is 21.7 Å². The van der Waals surface area contributed by atoms with Crippen LogP contribution in [0.25, 0.3) is 0 Å². The van der Waals surface area contributed by atoms with E-state index < -0.39 is 0 Å². The molecule has 1 heterocycles. The van der Waals surface area contributed by atoms with Crippen molar-refractivity contribution in [1.29, 1.82) is 0 Å². The van der Waals surface area contributed by atoms with E-state index in [9.17, 15) is 0 Å². The van der Waals surface area contributed by atoms with Gasteiger partial charge in [0.05, 0.1) is 6.21 Å². The molecule has 0 bridgehead atoms. The van der Waals surface area contributed by atoms with E-state index in [1.54, 1.807) is 12.1 Å². The third-order valence-corrected chi connectivity index (χ3v) is 2.55. The highest BCUT2D eigenvalue weighted by Crippen LogP contribution is 2.36. The SMILES string of the molecule is NC(N)=N/N=C\c1cc2c(cc1Br)OCO2. The molecule has 0 unspecified atom stereocenters. The molecule has 0 amide bonds. The van der Waals surface area contributed by atoms with Gasteiger partial charge in [0.1, 0.15) is 0 Å². The summed E-state index contributed by atoms with van der Waals surface area (Å²) in [5.41, 5.74) is 11.1. The molecule has 0 aliphatic carbocycles. The van der Waals surface area contributed by atoms with Crippen LogP contribution in [0.4, 0.5) is 0 Å². The lowest BCUT2D eigenvalue weighted by atomic mass is 10.2. The molecule has 6 nitrogen and oxygen atoms in total. The van der Waals surface area contributed by atoms with Crippen molar-refractivity contribution >= 4 is 28.1 Å². The number of hydrogen-bond acceptors (Lipinski definition) is 4. The minimum Gasteiger partial charge on any atom is -0.454 e. The standard InChI is InChI=1S/C9H9BrN4O2/c10-6-2-8-7(15-4-16-8)1-5(6)3-13-14-9(11)12/h1-3H,4H2,(H4,11,12,14)/b13-3-. The highest BCUT2D eigenvalue weighted by molar-refractivity contribution is 9.10. The summed E-state index contributed by atoms with van der Waals surface area (Å²) in [6.45, 7) is 0.232. The predicted molar refractivity (Wildman–Crippen MR) is 63.7 cm³/mol. The Morgan fingerprint density at radius 2 is 2.00 bits per heavy atom. The van der Waals surface area contributed by atoms with E-state index in [2.05, 4.69) is 26.1 Å². The first-order chi connectivity index (χ1) is 7.66. The average Bonchev–Trinajstić information content (AvgIpc) is 2.64. The Hall–Kier alpha value is -1.76. The molecule has 2 rings (SSSR count). The molecule has 1 aliphatic rings. The molecule has 7 heteroatoms. The molecule has 0 radical (unpaired) electrons. The molecule has 1 aliphatic heterocycles. The first-order valence-electron chi connectivity index (χ1n) is 4.38. The fourth-order valence-electron chi connectivity index (χ4n) is 1.19. The monoisotopic (exact) mass is 284 g/mol. The van der Waals surface area contributed by atoms with Crippen molar-refractivity contribution in [3.05, 3.63) is 22.2 Å². The average molecular weight is 285 g/mol. The van der Waals surface area contributed by atoms with Gasteiger partial charge in [-0.1, -0.05) is 0 Å². The minimum atomic E-state index is -0.0897. The van der Waals surface area contributed by atoms with Crippen LogP contribution in [0, 0.1) is 0 Å². The second-order valence-electron chi connectivity index (χ2n) is 3.00. The Labute approximate surface area is 100 Å². The molecule has 1 aromatic rings. The van der Waals surface area contributed by atoms with Gasteiger partial charge in [0.15, 0.2) is 11.5 Å². The van der Waals surface area contributed by atoms with Crippen LogP contribution < -0.4 is 20.9 Å². The Kier molecular flexibility index (Phi) is 2.95. The van der Waals surface area contributed by atoms with Crippen molar-refractivity contribution in [1.82, 2.24) is 0 Å². The van der Waals surface area contributed by atoms with Gasteiger partial charge in [-0.15, -0.1) is 5.10 Å². The molecular weight excluding hydrogens is 276 g/mol. The van der Waals surface area contributed by atoms with Crippen LogP contribution in [0.5, 0.6) is 11.5 Å². The number of rotatable bonds is 2. The number of guanidine groups is 1. The first-order valence-corrected chi connectivity index (χ1v) is 5.17. The van der Waals surface area contributed by atoms with Crippen LogP contribution in [-0.2, 0) is 0 Å². The molecule has 0 aromatic heterocycles. The number of nitrogens with zero attached hydrogens (tertiary/aromatic N) is 2. The van der Waals surface area contributed by atoms with Gasteiger partial charge in [0, 0.05) is 10.0 Å². The number of halogens is 1. The smallest absolute Gasteiger partial charge is 0.231 e. The number of fused-ring (bicyclic) bond motifs is 1. The van der Waals surface area contributed by atoms with E-state index in [0.717, 1.165) is 10.0 Å². The fraction of sp³-hybridized carbons (Fsp3) is 0.111. The molecule has 1 aromatic carbocycles. The van der Waals surface area contributed by atoms with Gasteiger partial charge in [-0.3, -0.25) is 0 Å². The summed E-state index contributed by atoms with van der Waals surface area (Å²) in [6, 6.07) is 3.59. The summed E-state index contributed by atoms with van der Waals surface area (Å²) < 4.78 is 11.3. The van der Waals surface area contributed by atoms with E-state index in [1.165, 1.54) is 6.21 Å². The highest BCUT2D eigenvalue weighted by atomic mass is 79.9. The van der Waals surface area contributed by atoms with Crippen LogP contribution in [0.15, 0.2) is 26.8 Å². The van der Waals surface area contributed by atoms with Gasteiger partial charge in [-0.2, -0.15) is 5.10 Å². The van der Waals surface area contributed by atoms with Crippen LogP contribution in [0.2, 0.25) is 0 Å². The van der Waals surface area contributed by atoms with Gasteiger partial charge in [0.25, 0.3) is 0 Å². The number of hydrogen-bond donors (Lipinski definition) is 2. The Morgan fingerprint density at radius 3 is 2.69 bits per heavy atom. The quantitative estimate of drug-likeness (QED) is 0.477. The lowest BCUT2D eigenvalue weighted by Gasteiger charge is -2.00. The zero-order chi connectivity index (χ0) is 11.5. The lowest BCUT2D eigenvalue weighted by Crippen LogP contribution is -2.21. The van der Waals surface area contributed by atoms with E-state index in [4.69, 9.17) is 20.9 Å². The zero-order valence-electron chi connectivity index (χ0n) is 8.18. The fourth-order valence-corrected chi connectivity index (χ4v) is 1.61. The van der Waals surface area contributed by atoms with Gasteiger partial charge >= 0.3 is 0 Å². The van der Waals surface area contributed by atoms with Crippen LogP contribution in [-0.4, -0.2) is 19.0 Å². The third kappa shape index (κ3) is 2.25. The second-order valence-corrected chi connectivity index (χ2v) is 3.85. The number of benzene rings is 1. The predicted octanol–water partition coefficient (Wildman–Crippen LogP) is 0.785. The number of ether oxygens (including phenoxy) is 2. The molecule has 4 N–H and O–H groups in total. The molecule has 16 heavy (non-hydrogen) atoms. The van der Waals surface area contributed by atoms with Gasteiger partial charge < -0.3 is 20.9 Å².